The molecule has 0 aromatic heterocycles. The van der Waals surface area contributed by atoms with Gasteiger partial charge in [-0.1, -0.05) is 25.0 Å². The number of ether oxygens (including phenoxy) is 1. The number of nitrogens with one attached hydrogen (secondary N) is 2. The van der Waals surface area contributed by atoms with Gasteiger partial charge in [-0.15, -0.1) is 0 Å². The Morgan fingerprint density at radius 3 is 2.42 bits per heavy atom. The average molecular weight is 363 g/mol. The summed E-state index contributed by atoms with van der Waals surface area (Å²) in [5.74, 6) is -1.48. The molecule has 1 saturated carbocycles. The summed E-state index contributed by atoms with van der Waals surface area (Å²) in [5, 5.41) is 5.53. The van der Waals surface area contributed by atoms with Gasteiger partial charge in [-0.25, -0.2) is 4.39 Å². The van der Waals surface area contributed by atoms with E-state index in [1.54, 1.807) is 12.1 Å². The van der Waals surface area contributed by atoms with Crippen LogP contribution in [0.15, 0.2) is 24.3 Å². The number of nitrogens with zero attached hydrogens (tertiary/aromatic N) is 1. The second kappa shape index (κ2) is 9.09. The SMILES string of the molecule is O=C(NC[C@H](c1ccc(F)cc1)N1CCOCC1)C(=O)NC1CCCC1. The number of hydrogen-bond donors (Lipinski definition) is 2. The van der Waals surface area contributed by atoms with Crippen LogP contribution in [0, 0.1) is 5.82 Å². The maximum atomic E-state index is 13.2. The maximum absolute atomic E-state index is 13.2. The van der Waals surface area contributed by atoms with Crippen LogP contribution in [0.5, 0.6) is 0 Å². The van der Waals surface area contributed by atoms with Crippen LogP contribution in [-0.2, 0) is 14.3 Å². The highest BCUT2D eigenvalue weighted by Gasteiger charge is 2.26. The number of amides is 2. The standard InChI is InChI=1S/C19H26FN3O3/c20-15-7-5-14(6-8-15)17(23-9-11-26-12-10-23)13-21-18(24)19(25)22-16-3-1-2-4-16/h5-8,16-17H,1-4,9-13H2,(H,21,24)(H,22,25)/t17-/m1/s1. The molecule has 142 valence electrons. The predicted octanol–water partition coefficient (Wildman–Crippen LogP) is 1.37. The van der Waals surface area contributed by atoms with Gasteiger partial charge >= 0.3 is 11.8 Å². The zero-order valence-corrected chi connectivity index (χ0v) is 14.9. The summed E-state index contributed by atoms with van der Waals surface area (Å²) in [6.07, 6.45) is 4.06. The zero-order chi connectivity index (χ0) is 18.4. The minimum Gasteiger partial charge on any atom is -0.379 e. The van der Waals surface area contributed by atoms with Crippen molar-refractivity contribution in [1.29, 1.82) is 0 Å². The van der Waals surface area contributed by atoms with Crippen molar-refractivity contribution in [1.82, 2.24) is 15.5 Å². The fraction of sp³-hybridized carbons (Fsp3) is 0.579. The lowest BCUT2D eigenvalue weighted by Crippen LogP contribution is -2.48. The number of hydrogen-bond acceptors (Lipinski definition) is 4. The molecule has 0 unspecified atom stereocenters. The third-order valence-corrected chi connectivity index (χ3v) is 5.09. The third kappa shape index (κ3) is 5.02. The molecule has 1 aliphatic carbocycles. The van der Waals surface area contributed by atoms with E-state index in [4.69, 9.17) is 4.74 Å². The normalized spacial score (nSPS) is 19.9. The summed E-state index contributed by atoms with van der Waals surface area (Å²) >= 11 is 0. The van der Waals surface area contributed by atoms with Gasteiger partial charge in [0.2, 0.25) is 0 Å². The van der Waals surface area contributed by atoms with Crippen LogP contribution in [0.3, 0.4) is 0 Å². The highest BCUT2D eigenvalue weighted by molar-refractivity contribution is 6.35. The molecule has 0 radical (unpaired) electrons. The zero-order valence-electron chi connectivity index (χ0n) is 14.9. The Bertz CT molecular complexity index is 611. The minimum absolute atomic E-state index is 0.111. The first-order valence-corrected chi connectivity index (χ1v) is 9.29. The molecular weight excluding hydrogens is 337 g/mol. The minimum atomic E-state index is -0.614. The van der Waals surface area contributed by atoms with Gasteiger partial charge in [0.1, 0.15) is 5.82 Å². The van der Waals surface area contributed by atoms with E-state index < -0.39 is 11.8 Å². The highest BCUT2D eigenvalue weighted by atomic mass is 19.1. The summed E-state index contributed by atoms with van der Waals surface area (Å²) in [6.45, 7) is 2.99. The predicted molar refractivity (Wildman–Crippen MR) is 94.9 cm³/mol. The van der Waals surface area contributed by atoms with Crippen molar-refractivity contribution in [2.24, 2.45) is 0 Å². The van der Waals surface area contributed by atoms with Crippen molar-refractivity contribution in [3.63, 3.8) is 0 Å². The lowest BCUT2D eigenvalue weighted by atomic mass is 10.0. The largest absolute Gasteiger partial charge is 0.379 e. The molecule has 2 aliphatic rings. The van der Waals surface area contributed by atoms with E-state index in [0.717, 1.165) is 44.3 Å². The van der Waals surface area contributed by atoms with E-state index in [1.165, 1.54) is 12.1 Å². The van der Waals surface area contributed by atoms with Gasteiger partial charge in [0.25, 0.3) is 0 Å². The van der Waals surface area contributed by atoms with E-state index in [-0.39, 0.29) is 17.9 Å². The van der Waals surface area contributed by atoms with Gasteiger partial charge in [0.05, 0.1) is 19.3 Å². The molecule has 1 saturated heterocycles. The number of carbonyl (C=O) groups is 2. The molecule has 26 heavy (non-hydrogen) atoms. The van der Waals surface area contributed by atoms with Crippen LogP contribution >= 0.6 is 0 Å². The van der Waals surface area contributed by atoms with Crippen molar-refractivity contribution in [3.8, 4) is 0 Å². The van der Waals surface area contributed by atoms with Crippen molar-refractivity contribution in [2.75, 3.05) is 32.8 Å². The topological polar surface area (TPSA) is 70.7 Å². The van der Waals surface area contributed by atoms with E-state index in [1.807, 2.05) is 0 Å². The maximum Gasteiger partial charge on any atom is 0.309 e. The Morgan fingerprint density at radius 2 is 1.77 bits per heavy atom. The molecule has 1 aliphatic heterocycles. The molecule has 1 aromatic carbocycles. The monoisotopic (exact) mass is 363 g/mol. The number of morpholine rings is 1. The first-order chi connectivity index (χ1) is 12.6. The molecule has 0 bridgehead atoms. The molecule has 1 heterocycles. The van der Waals surface area contributed by atoms with Gasteiger partial charge in [-0.05, 0) is 30.5 Å². The van der Waals surface area contributed by atoms with Crippen molar-refractivity contribution in [2.45, 2.75) is 37.8 Å². The molecule has 0 spiro atoms. The molecule has 2 fully saturated rings. The van der Waals surface area contributed by atoms with Gasteiger partial charge in [0, 0.05) is 25.7 Å². The molecule has 7 heteroatoms. The average Bonchev–Trinajstić information content (AvgIpc) is 3.17. The van der Waals surface area contributed by atoms with E-state index in [0.29, 0.717) is 19.8 Å². The first-order valence-electron chi connectivity index (χ1n) is 9.29. The summed E-state index contributed by atoms with van der Waals surface area (Å²) in [5.41, 5.74) is 0.907. The number of benzene rings is 1. The van der Waals surface area contributed by atoms with Crippen LogP contribution in [0.1, 0.15) is 37.3 Å². The number of rotatable bonds is 5. The fourth-order valence-electron chi connectivity index (χ4n) is 3.62. The second-order valence-corrected chi connectivity index (χ2v) is 6.88. The molecule has 2 amide bonds. The third-order valence-electron chi connectivity index (χ3n) is 5.09. The van der Waals surface area contributed by atoms with Crippen LogP contribution in [0.2, 0.25) is 0 Å². The molecule has 1 atom stereocenters. The summed E-state index contributed by atoms with van der Waals surface area (Å²) in [4.78, 5) is 26.4. The second-order valence-electron chi connectivity index (χ2n) is 6.88. The van der Waals surface area contributed by atoms with Gasteiger partial charge < -0.3 is 15.4 Å². The van der Waals surface area contributed by atoms with Gasteiger partial charge in [0.15, 0.2) is 0 Å². The summed E-state index contributed by atoms with van der Waals surface area (Å²) < 4.78 is 18.6. The Balaban J connectivity index is 1.60. The van der Waals surface area contributed by atoms with E-state index in [2.05, 4.69) is 15.5 Å². The Morgan fingerprint density at radius 1 is 1.12 bits per heavy atom. The fourth-order valence-corrected chi connectivity index (χ4v) is 3.62. The molecule has 1 aromatic rings. The molecule has 6 nitrogen and oxygen atoms in total. The molecule has 2 N–H and O–H groups in total. The van der Waals surface area contributed by atoms with Crippen LogP contribution in [0.4, 0.5) is 4.39 Å². The van der Waals surface area contributed by atoms with Crippen molar-refractivity contribution < 1.29 is 18.7 Å². The van der Waals surface area contributed by atoms with Crippen LogP contribution in [-0.4, -0.2) is 55.6 Å². The summed E-state index contributed by atoms with van der Waals surface area (Å²) in [7, 11) is 0. The number of halogens is 1. The number of carbonyl (C=O) groups excluding carboxylic acids is 2. The Kier molecular flexibility index (Phi) is 6.57. The first kappa shape index (κ1) is 18.8. The van der Waals surface area contributed by atoms with Gasteiger partial charge in [-0.2, -0.15) is 0 Å². The van der Waals surface area contributed by atoms with Crippen LogP contribution < -0.4 is 10.6 Å². The van der Waals surface area contributed by atoms with Crippen molar-refractivity contribution in [3.05, 3.63) is 35.6 Å². The smallest absolute Gasteiger partial charge is 0.309 e. The summed E-state index contributed by atoms with van der Waals surface area (Å²) in [6, 6.07) is 6.26. The van der Waals surface area contributed by atoms with E-state index >= 15 is 0 Å². The lowest BCUT2D eigenvalue weighted by molar-refractivity contribution is -0.139. The van der Waals surface area contributed by atoms with Gasteiger partial charge in [-0.3, -0.25) is 14.5 Å². The van der Waals surface area contributed by atoms with Crippen LogP contribution in [0.25, 0.3) is 0 Å². The molecular formula is C19H26FN3O3. The van der Waals surface area contributed by atoms with Crippen molar-refractivity contribution >= 4 is 11.8 Å². The Labute approximate surface area is 153 Å². The highest BCUT2D eigenvalue weighted by Crippen LogP contribution is 2.22. The Hall–Kier alpha value is -1.99. The lowest BCUT2D eigenvalue weighted by Gasteiger charge is -2.34. The molecule has 3 rings (SSSR count). The quantitative estimate of drug-likeness (QED) is 0.776. The van der Waals surface area contributed by atoms with E-state index in [9.17, 15) is 14.0 Å².